The molecule has 0 aliphatic heterocycles. The molecule has 3 N–H and O–H groups in total. The molecule has 2 aliphatic carbocycles. The SMILES string of the molecule is O=C(N[C@H]1CC[C@@H]1O)C1CC(c2c(-c3ccc(F)cc3)[nH]c3c(F)cc(F)cc23)C1. The molecule has 2 saturated carbocycles. The van der Waals surface area contributed by atoms with Gasteiger partial charge in [0.15, 0.2) is 0 Å². The summed E-state index contributed by atoms with van der Waals surface area (Å²) in [6, 6.07) is 7.79. The number of halogens is 3. The van der Waals surface area contributed by atoms with Crippen LogP contribution in [0.1, 0.15) is 37.2 Å². The summed E-state index contributed by atoms with van der Waals surface area (Å²) in [6.07, 6.45) is 2.10. The van der Waals surface area contributed by atoms with Crippen molar-refractivity contribution in [3.63, 3.8) is 0 Å². The van der Waals surface area contributed by atoms with Crippen LogP contribution in [-0.4, -0.2) is 28.1 Å². The highest BCUT2D eigenvalue weighted by atomic mass is 19.1. The van der Waals surface area contributed by atoms with E-state index in [-0.39, 0.29) is 35.1 Å². The molecular formula is C23H21F3N2O2. The highest BCUT2D eigenvalue weighted by Crippen LogP contribution is 2.48. The third kappa shape index (κ3) is 3.17. The molecule has 2 aromatic carbocycles. The number of aliphatic hydroxyl groups is 1. The summed E-state index contributed by atoms with van der Waals surface area (Å²) in [4.78, 5) is 15.5. The second-order valence-electron chi connectivity index (χ2n) is 8.36. The molecule has 0 saturated heterocycles. The number of rotatable bonds is 4. The van der Waals surface area contributed by atoms with E-state index < -0.39 is 17.7 Å². The number of aromatic nitrogens is 1. The average Bonchev–Trinajstić information content (AvgIpc) is 3.04. The van der Waals surface area contributed by atoms with Gasteiger partial charge < -0.3 is 15.4 Å². The second kappa shape index (κ2) is 7.16. The fourth-order valence-electron chi connectivity index (χ4n) is 4.53. The first-order valence-corrected chi connectivity index (χ1v) is 10.2. The molecule has 7 heteroatoms. The van der Waals surface area contributed by atoms with Crippen LogP contribution in [0, 0.1) is 23.4 Å². The van der Waals surface area contributed by atoms with Crippen LogP contribution in [-0.2, 0) is 4.79 Å². The normalized spacial score (nSPS) is 25.6. The minimum absolute atomic E-state index is 0.0536. The van der Waals surface area contributed by atoms with Crippen LogP contribution in [0.2, 0.25) is 0 Å². The maximum Gasteiger partial charge on any atom is 0.223 e. The number of benzene rings is 2. The first-order chi connectivity index (χ1) is 14.4. The highest BCUT2D eigenvalue weighted by Gasteiger charge is 2.40. The molecule has 0 radical (unpaired) electrons. The van der Waals surface area contributed by atoms with Crippen molar-refractivity contribution in [3.8, 4) is 11.3 Å². The van der Waals surface area contributed by atoms with Gasteiger partial charge in [-0.05, 0) is 73.1 Å². The van der Waals surface area contributed by atoms with Gasteiger partial charge in [-0.3, -0.25) is 4.79 Å². The predicted molar refractivity (Wildman–Crippen MR) is 106 cm³/mol. The summed E-state index contributed by atoms with van der Waals surface area (Å²) in [7, 11) is 0. The lowest BCUT2D eigenvalue weighted by molar-refractivity contribution is -0.130. The van der Waals surface area contributed by atoms with Crippen LogP contribution >= 0.6 is 0 Å². The number of H-pyrrole nitrogens is 1. The minimum atomic E-state index is -0.688. The molecule has 2 fully saturated rings. The van der Waals surface area contributed by atoms with Gasteiger partial charge in [-0.15, -0.1) is 0 Å². The molecule has 3 aromatic rings. The summed E-state index contributed by atoms with van der Waals surface area (Å²) in [5.74, 6) is -2.08. The fraction of sp³-hybridized carbons (Fsp3) is 0.348. The molecule has 0 unspecified atom stereocenters. The lowest BCUT2D eigenvalue weighted by atomic mass is 9.69. The molecule has 1 heterocycles. The van der Waals surface area contributed by atoms with Gasteiger partial charge in [0.05, 0.1) is 23.4 Å². The molecule has 0 bridgehead atoms. The third-order valence-corrected chi connectivity index (χ3v) is 6.48. The minimum Gasteiger partial charge on any atom is -0.391 e. The Morgan fingerprint density at radius 3 is 2.40 bits per heavy atom. The van der Waals surface area contributed by atoms with E-state index in [9.17, 15) is 23.1 Å². The molecule has 156 valence electrons. The van der Waals surface area contributed by atoms with Gasteiger partial charge in [-0.25, -0.2) is 13.2 Å². The van der Waals surface area contributed by atoms with E-state index in [1.54, 1.807) is 12.1 Å². The molecule has 4 nitrogen and oxygen atoms in total. The Kier molecular flexibility index (Phi) is 4.58. The summed E-state index contributed by atoms with van der Waals surface area (Å²) >= 11 is 0. The number of aliphatic hydroxyl groups excluding tert-OH is 1. The van der Waals surface area contributed by atoms with Crippen molar-refractivity contribution in [2.45, 2.75) is 43.7 Å². The van der Waals surface area contributed by atoms with Gasteiger partial charge in [-0.2, -0.15) is 0 Å². The van der Waals surface area contributed by atoms with Crippen molar-refractivity contribution in [1.29, 1.82) is 0 Å². The monoisotopic (exact) mass is 414 g/mol. The Morgan fingerprint density at radius 1 is 1.03 bits per heavy atom. The van der Waals surface area contributed by atoms with E-state index in [2.05, 4.69) is 10.3 Å². The molecule has 0 spiro atoms. The topological polar surface area (TPSA) is 65.1 Å². The van der Waals surface area contributed by atoms with Gasteiger partial charge in [0, 0.05) is 17.4 Å². The summed E-state index contributed by atoms with van der Waals surface area (Å²) in [6.45, 7) is 0. The number of nitrogens with one attached hydrogen (secondary N) is 2. The van der Waals surface area contributed by atoms with E-state index in [0.717, 1.165) is 18.1 Å². The standard InChI is InChI=1S/C23H21F3N2O2/c24-14-3-1-11(2-4-14)21-20(16-9-15(25)10-17(26)22(16)28-21)12-7-13(8-12)23(30)27-18-5-6-19(18)29/h1-4,9-10,12-13,18-19,28-29H,5-8H2,(H,27,30)/t12?,13?,18-,19-/m0/s1. The average molecular weight is 414 g/mol. The van der Waals surface area contributed by atoms with Gasteiger partial charge >= 0.3 is 0 Å². The van der Waals surface area contributed by atoms with Crippen molar-refractivity contribution in [2.24, 2.45) is 5.92 Å². The van der Waals surface area contributed by atoms with Gasteiger partial charge in [0.2, 0.25) is 5.91 Å². The molecule has 2 aliphatic rings. The number of fused-ring (bicyclic) bond motifs is 1. The zero-order valence-corrected chi connectivity index (χ0v) is 16.1. The van der Waals surface area contributed by atoms with Crippen LogP contribution in [0.15, 0.2) is 36.4 Å². The molecule has 1 amide bonds. The Balaban J connectivity index is 1.46. The maximum atomic E-state index is 14.4. The smallest absolute Gasteiger partial charge is 0.223 e. The van der Waals surface area contributed by atoms with E-state index in [1.807, 2.05) is 0 Å². The zero-order chi connectivity index (χ0) is 21.0. The molecule has 5 rings (SSSR count). The predicted octanol–water partition coefficient (Wildman–Crippen LogP) is 4.39. The second-order valence-corrected chi connectivity index (χ2v) is 8.36. The Bertz CT molecular complexity index is 1120. The lowest BCUT2D eigenvalue weighted by Gasteiger charge is -2.39. The quantitative estimate of drug-likeness (QED) is 0.593. The fourth-order valence-corrected chi connectivity index (χ4v) is 4.53. The first kappa shape index (κ1) is 19.2. The Hall–Kier alpha value is -2.80. The largest absolute Gasteiger partial charge is 0.391 e. The molecule has 1 aromatic heterocycles. The van der Waals surface area contributed by atoms with E-state index in [1.165, 1.54) is 18.2 Å². The lowest BCUT2D eigenvalue weighted by Crippen LogP contribution is -2.53. The summed E-state index contributed by atoms with van der Waals surface area (Å²) < 4.78 is 41.8. The van der Waals surface area contributed by atoms with E-state index in [4.69, 9.17) is 0 Å². The van der Waals surface area contributed by atoms with Crippen LogP contribution in [0.25, 0.3) is 22.2 Å². The van der Waals surface area contributed by atoms with Crippen molar-refractivity contribution < 1.29 is 23.1 Å². The van der Waals surface area contributed by atoms with Gasteiger partial charge in [0.1, 0.15) is 17.5 Å². The number of amides is 1. The van der Waals surface area contributed by atoms with Crippen molar-refractivity contribution in [3.05, 3.63) is 59.4 Å². The maximum absolute atomic E-state index is 14.4. The van der Waals surface area contributed by atoms with E-state index in [0.29, 0.717) is 35.9 Å². The Morgan fingerprint density at radius 2 is 1.77 bits per heavy atom. The van der Waals surface area contributed by atoms with Crippen LogP contribution in [0.3, 0.4) is 0 Å². The van der Waals surface area contributed by atoms with Crippen molar-refractivity contribution in [2.75, 3.05) is 0 Å². The molecular weight excluding hydrogens is 393 g/mol. The molecule has 2 atom stereocenters. The zero-order valence-electron chi connectivity index (χ0n) is 16.1. The number of hydrogen-bond donors (Lipinski definition) is 3. The number of aromatic amines is 1. The van der Waals surface area contributed by atoms with Crippen molar-refractivity contribution >= 4 is 16.8 Å². The highest BCUT2D eigenvalue weighted by molar-refractivity contribution is 5.92. The number of carbonyl (C=O) groups is 1. The van der Waals surface area contributed by atoms with Crippen LogP contribution in [0.4, 0.5) is 13.2 Å². The van der Waals surface area contributed by atoms with Gasteiger partial charge in [-0.1, -0.05) is 0 Å². The molecule has 30 heavy (non-hydrogen) atoms. The number of carbonyl (C=O) groups excluding carboxylic acids is 1. The van der Waals surface area contributed by atoms with Crippen LogP contribution in [0.5, 0.6) is 0 Å². The summed E-state index contributed by atoms with van der Waals surface area (Å²) in [5, 5.41) is 13.0. The van der Waals surface area contributed by atoms with Crippen LogP contribution < -0.4 is 5.32 Å². The third-order valence-electron chi connectivity index (χ3n) is 6.48. The summed E-state index contributed by atoms with van der Waals surface area (Å²) in [5.41, 5.74) is 2.25. The van der Waals surface area contributed by atoms with Gasteiger partial charge in [0.25, 0.3) is 0 Å². The van der Waals surface area contributed by atoms with E-state index >= 15 is 0 Å². The first-order valence-electron chi connectivity index (χ1n) is 10.2. The Labute approximate surface area is 171 Å². The van der Waals surface area contributed by atoms with Crippen molar-refractivity contribution in [1.82, 2.24) is 10.3 Å². The number of hydrogen-bond acceptors (Lipinski definition) is 2.